The first-order valence-electron chi connectivity index (χ1n) is 23.9. The zero-order valence-electron chi connectivity index (χ0n) is 39.5. The fraction of sp³-hybridized carbons (Fsp3) is 0.423. The predicted molar refractivity (Wildman–Crippen MR) is 255 cm³/mol. The van der Waals surface area contributed by atoms with Gasteiger partial charge in [-0.25, -0.2) is 0 Å². The summed E-state index contributed by atoms with van der Waals surface area (Å²) in [5.41, 5.74) is 3.73. The fourth-order valence-corrected chi connectivity index (χ4v) is 11.2. The first-order chi connectivity index (χ1) is 34.0. The second-order valence-electron chi connectivity index (χ2n) is 18.1. The van der Waals surface area contributed by atoms with Gasteiger partial charge in [0.25, 0.3) is 11.1 Å². The predicted octanol–water partition coefficient (Wildman–Crippen LogP) is 3.65. The molecule has 4 N–H and O–H groups in total. The zero-order chi connectivity index (χ0) is 49.4. The Hall–Kier alpha value is -7.18. The maximum atomic E-state index is 13.6. The molecule has 2 aromatic heterocycles. The lowest BCUT2D eigenvalue weighted by atomic mass is 9.86. The molecule has 4 aromatic rings. The molecular weight excluding hydrogens is 901 g/mol. The Morgan fingerprint density at radius 1 is 0.600 bits per heavy atom. The van der Waals surface area contributed by atoms with Crippen LogP contribution in [0.1, 0.15) is 86.3 Å². The van der Waals surface area contributed by atoms with Crippen LogP contribution in [0.25, 0.3) is 12.2 Å². The number of aliphatic hydroxyl groups is 2. The number of nitrogens with one attached hydrogen (secondary N) is 2. The molecule has 10 rings (SSSR count). The van der Waals surface area contributed by atoms with Crippen molar-refractivity contribution in [3.8, 4) is 23.0 Å². The van der Waals surface area contributed by atoms with Crippen LogP contribution in [-0.4, -0.2) is 91.7 Å². The van der Waals surface area contributed by atoms with E-state index in [0.717, 1.165) is 11.1 Å². The van der Waals surface area contributed by atoms with Crippen LogP contribution >= 0.6 is 0 Å². The molecular formula is C52H58N6O12. The van der Waals surface area contributed by atoms with Crippen LogP contribution < -0.4 is 40.7 Å². The summed E-state index contributed by atoms with van der Waals surface area (Å²) >= 11 is 0. The molecule has 4 amide bonds. The van der Waals surface area contributed by atoms with Crippen LogP contribution in [0.4, 0.5) is 0 Å². The summed E-state index contributed by atoms with van der Waals surface area (Å²) in [6.45, 7) is 8.08. The average molecular weight is 959 g/mol. The van der Waals surface area contributed by atoms with Crippen LogP contribution in [0, 0.1) is 23.7 Å². The van der Waals surface area contributed by atoms with Gasteiger partial charge < -0.3 is 58.7 Å². The number of fused-ring (bicyclic) bond motifs is 10. The second kappa shape index (κ2) is 20.0. The van der Waals surface area contributed by atoms with Crippen molar-refractivity contribution in [2.75, 3.05) is 26.8 Å². The summed E-state index contributed by atoms with van der Waals surface area (Å²) in [4.78, 5) is 82.9. The molecule has 18 heteroatoms. The van der Waals surface area contributed by atoms with Crippen molar-refractivity contribution in [2.24, 2.45) is 23.7 Å². The number of rotatable bonds is 12. The van der Waals surface area contributed by atoms with E-state index in [4.69, 9.17) is 18.9 Å². The van der Waals surface area contributed by atoms with E-state index in [-0.39, 0.29) is 101 Å². The van der Waals surface area contributed by atoms with Crippen LogP contribution in [0.15, 0.2) is 82.4 Å². The molecule has 6 aliphatic rings. The topological polar surface area (TPSA) is 220 Å². The summed E-state index contributed by atoms with van der Waals surface area (Å²) in [6.07, 6.45) is 7.66. The van der Waals surface area contributed by atoms with Crippen molar-refractivity contribution in [1.29, 1.82) is 0 Å². The molecule has 0 radical (unpaired) electrons. The number of hydrogen-bond donors (Lipinski definition) is 4. The van der Waals surface area contributed by atoms with Gasteiger partial charge in [0.15, 0.2) is 23.0 Å². The molecule has 368 valence electrons. The van der Waals surface area contributed by atoms with Crippen molar-refractivity contribution >= 4 is 35.8 Å². The molecule has 0 unspecified atom stereocenters. The van der Waals surface area contributed by atoms with E-state index in [0.29, 0.717) is 45.5 Å². The molecule has 2 fully saturated rings. The Balaban J connectivity index is 0.000000174. The molecule has 0 spiro atoms. The Morgan fingerprint density at radius 3 is 1.37 bits per heavy atom. The molecule has 6 aliphatic heterocycles. The van der Waals surface area contributed by atoms with Gasteiger partial charge in [-0.2, -0.15) is 0 Å². The number of aromatic nitrogens is 2. The summed E-state index contributed by atoms with van der Waals surface area (Å²) in [6, 6.07) is 16.0. The summed E-state index contributed by atoms with van der Waals surface area (Å²) in [7, 11) is 0. The van der Waals surface area contributed by atoms with Crippen LogP contribution in [0.3, 0.4) is 0 Å². The third kappa shape index (κ3) is 8.42. The van der Waals surface area contributed by atoms with E-state index < -0.39 is 47.8 Å². The monoisotopic (exact) mass is 958 g/mol. The molecule has 4 bridgehead atoms. The maximum Gasteiger partial charge on any atom is 0.258 e. The highest BCUT2D eigenvalue weighted by atomic mass is 16.7. The normalized spacial score (nSPS) is 24.0. The average Bonchev–Trinajstić information content (AvgIpc) is 4.15. The smallest absolute Gasteiger partial charge is 0.258 e. The van der Waals surface area contributed by atoms with Gasteiger partial charge in [0.1, 0.15) is 0 Å². The van der Waals surface area contributed by atoms with Crippen molar-refractivity contribution in [1.82, 2.24) is 29.6 Å². The standard InChI is InChI=1S/2C26H29N3O6/c2*1-3-5-16-7-8-18-24-23(25(32)27-11-15-6-9-20-21(10-15)35-14-34-20)17(13-30)19(12-28(18)26(16)33)29(24)22(31)4-2/h2*3,5-10,17,19,23-24,30H,4,11-14H2,1-2H3,(H,27,32)/b5-3+;5-3-/t2*17-,19-,23+,24+/m00/s1. The van der Waals surface area contributed by atoms with Gasteiger partial charge in [0.2, 0.25) is 37.2 Å². The van der Waals surface area contributed by atoms with Gasteiger partial charge in [0.05, 0.1) is 36.0 Å². The first kappa shape index (κ1) is 47.9. The quantitative estimate of drug-likeness (QED) is 0.160. The van der Waals surface area contributed by atoms with E-state index in [2.05, 4.69) is 10.6 Å². The number of hydrogen-bond acceptors (Lipinski definition) is 12. The Kier molecular flexibility index (Phi) is 13.7. The second-order valence-corrected chi connectivity index (χ2v) is 18.1. The van der Waals surface area contributed by atoms with Gasteiger partial charge in [0, 0.05) is 86.6 Å². The molecule has 8 atom stereocenters. The highest BCUT2D eigenvalue weighted by Crippen LogP contribution is 2.50. The minimum atomic E-state index is -0.685. The number of nitrogens with zero attached hydrogens (tertiary/aromatic N) is 4. The Bertz CT molecular complexity index is 2700. The minimum absolute atomic E-state index is 0.0965. The largest absolute Gasteiger partial charge is 0.454 e. The number of allylic oxidation sites excluding steroid dienone is 2. The first-order valence-corrected chi connectivity index (χ1v) is 23.9. The van der Waals surface area contributed by atoms with Crippen LogP contribution in [-0.2, 0) is 45.4 Å². The van der Waals surface area contributed by atoms with Crippen LogP contribution in [0.2, 0.25) is 0 Å². The number of aliphatic hydroxyl groups excluding tert-OH is 2. The lowest BCUT2D eigenvalue weighted by Crippen LogP contribution is -2.49. The van der Waals surface area contributed by atoms with Gasteiger partial charge in [-0.1, -0.05) is 50.3 Å². The Morgan fingerprint density at radius 2 is 1.00 bits per heavy atom. The van der Waals surface area contributed by atoms with Gasteiger partial charge in [-0.15, -0.1) is 0 Å². The minimum Gasteiger partial charge on any atom is -0.454 e. The third-order valence-corrected chi connectivity index (χ3v) is 14.4. The third-order valence-electron chi connectivity index (χ3n) is 14.4. The van der Waals surface area contributed by atoms with E-state index in [1.54, 1.807) is 81.4 Å². The zero-order valence-corrected chi connectivity index (χ0v) is 39.5. The van der Waals surface area contributed by atoms with Gasteiger partial charge >= 0.3 is 0 Å². The van der Waals surface area contributed by atoms with Gasteiger partial charge in [-0.3, -0.25) is 28.8 Å². The van der Waals surface area contributed by atoms with Crippen molar-refractivity contribution in [3.63, 3.8) is 0 Å². The van der Waals surface area contributed by atoms with Gasteiger partial charge in [-0.05, 0) is 73.5 Å². The number of pyridine rings is 2. The fourth-order valence-electron chi connectivity index (χ4n) is 11.2. The molecule has 18 nitrogen and oxygen atoms in total. The molecule has 70 heavy (non-hydrogen) atoms. The molecule has 8 heterocycles. The maximum absolute atomic E-state index is 13.6. The summed E-state index contributed by atoms with van der Waals surface area (Å²) < 4.78 is 24.8. The van der Waals surface area contributed by atoms with Crippen molar-refractivity contribution in [3.05, 3.63) is 127 Å². The summed E-state index contributed by atoms with van der Waals surface area (Å²) in [5.74, 6) is -0.474. The highest BCUT2D eigenvalue weighted by molar-refractivity contribution is 5.85. The van der Waals surface area contributed by atoms with E-state index in [1.165, 1.54) is 0 Å². The van der Waals surface area contributed by atoms with E-state index in [9.17, 15) is 39.0 Å². The number of carbonyl (C=O) groups is 4. The number of ether oxygens (including phenoxy) is 4. The lowest BCUT2D eigenvalue weighted by molar-refractivity contribution is -0.137. The van der Waals surface area contributed by atoms with Crippen LogP contribution in [0.5, 0.6) is 23.0 Å². The lowest BCUT2D eigenvalue weighted by Gasteiger charge is -2.38. The molecule has 0 aliphatic carbocycles. The van der Waals surface area contributed by atoms with Crippen molar-refractivity contribution in [2.45, 2.75) is 90.9 Å². The molecule has 2 saturated heterocycles. The number of amides is 4. The SMILES string of the molecule is C/C=C/c1ccc2n(c1=O)C[C@H]1[C@H](CO)[C@@H](C(=O)NCc3ccc4c(c3)OCO4)[C@@H]2N1C(=O)CC.C/C=C\c1ccc2n(c1=O)C[C@H]1[C@H](CO)[C@@H](C(=O)NCc3ccc4c(c3)OCO4)[C@@H]2N1C(=O)CC. The van der Waals surface area contributed by atoms with Crippen molar-refractivity contribution < 1.29 is 48.3 Å². The molecule has 2 aromatic carbocycles. The van der Waals surface area contributed by atoms with E-state index >= 15 is 0 Å². The Labute approximate surface area is 404 Å². The highest BCUT2D eigenvalue weighted by Gasteiger charge is 2.58. The molecule has 0 saturated carbocycles. The van der Waals surface area contributed by atoms with E-state index in [1.807, 2.05) is 50.2 Å². The number of carbonyl (C=O) groups excluding carboxylic acids is 4. The summed E-state index contributed by atoms with van der Waals surface area (Å²) in [5, 5.41) is 26.6. The number of benzene rings is 2.